The van der Waals surface area contributed by atoms with Gasteiger partial charge in [-0.3, -0.25) is 4.79 Å². The van der Waals surface area contributed by atoms with Crippen LogP contribution in [0.2, 0.25) is 0 Å². The molecule has 0 bridgehead atoms. The molecule has 188 valence electrons. The minimum atomic E-state index is -0.349. The molecule has 0 aliphatic carbocycles. The number of carbonyl (C=O) groups is 1. The molecule has 6 nitrogen and oxygen atoms in total. The standard InChI is InChI=1S/C27H27BrN2O4S2/c1-18-3-5-19(6-4-18)16-34-25-14-23(28)21(13-24(25)32-2)15-29-30-26(31)17-33-22-9-7-20(8-10-22)27-35-11-12-36-27/h3-10,13-15,27H,11-12,16-17H2,1-2H3,(H,30,31)/b29-15-. The highest BCUT2D eigenvalue weighted by molar-refractivity contribution is 9.10. The molecular weight excluding hydrogens is 560 g/mol. The fourth-order valence-electron chi connectivity index (χ4n) is 3.39. The van der Waals surface area contributed by atoms with E-state index in [9.17, 15) is 4.79 Å². The van der Waals surface area contributed by atoms with Crippen LogP contribution in [0.15, 0.2) is 70.2 Å². The molecule has 36 heavy (non-hydrogen) atoms. The molecule has 0 radical (unpaired) electrons. The first-order chi connectivity index (χ1) is 17.5. The summed E-state index contributed by atoms with van der Waals surface area (Å²) in [6.45, 7) is 2.35. The highest BCUT2D eigenvalue weighted by atomic mass is 79.9. The van der Waals surface area contributed by atoms with Gasteiger partial charge in [-0.15, -0.1) is 23.5 Å². The van der Waals surface area contributed by atoms with Gasteiger partial charge in [0.25, 0.3) is 5.91 Å². The van der Waals surface area contributed by atoms with E-state index in [0.29, 0.717) is 28.4 Å². The Kier molecular flexibility index (Phi) is 9.60. The lowest BCUT2D eigenvalue weighted by Gasteiger charge is -2.13. The van der Waals surface area contributed by atoms with Crippen molar-refractivity contribution < 1.29 is 19.0 Å². The summed E-state index contributed by atoms with van der Waals surface area (Å²) in [5.41, 5.74) is 6.77. The molecule has 1 saturated heterocycles. The summed E-state index contributed by atoms with van der Waals surface area (Å²) in [5.74, 6) is 3.85. The summed E-state index contributed by atoms with van der Waals surface area (Å²) in [6.07, 6.45) is 1.54. The first kappa shape index (κ1) is 26.4. The Balaban J connectivity index is 1.28. The van der Waals surface area contributed by atoms with E-state index in [2.05, 4.69) is 50.7 Å². The van der Waals surface area contributed by atoms with Gasteiger partial charge < -0.3 is 14.2 Å². The highest BCUT2D eigenvalue weighted by Crippen LogP contribution is 2.45. The molecule has 1 N–H and O–H groups in total. The Labute approximate surface area is 228 Å². The number of thioether (sulfide) groups is 2. The predicted molar refractivity (Wildman–Crippen MR) is 152 cm³/mol. The van der Waals surface area contributed by atoms with E-state index in [0.717, 1.165) is 15.6 Å². The average Bonchev–Trinajstić information content (AvgIpc) is 3.43. The van der Waals surface area contributed by atoms with Crippen molar-refractivity contribution in [2.75, 3.05) is 25.2 Å². The molecule has 1 aliphatic heterocycles. The molecule has 1 aliphatic rings. The number of nitrogens with zero attached hydrogens (tertiary/aromatic N) is 1. The molecule has 3 aromatic carbocycles. The largest absolute Gasteiger partial charge is 0.493 e. The number of hydrogen-bond acceptors (Lipinski definition) is 7. The summed E-state index contributed by atoms with van der Waals surface area (Å²) < 4.78 is 18.3. The van der Waals surface area contributed by atoms with Crippen LogP contribution in [0.3, 0.4) is 0 Å². The lowest BCUT2D eigenvalue weighted by atomic mass is 10.2. The van der Waals surface area contributed by atoms with Crippen LogP contribution in [0.5, 0.6) is 17.2 Å². The number of hydrogen-bond donors (Lipinski definition) is 1. The molecule has 4 rings (SSSR count). The van der Waals surface area contributed by atoms with E-state index in [1.165, 1.54) is 22.6 Å². The van der Waals surface area contributed by atoms with Gasteiger partial charge in [0, 0.05) is 21.5 Å². The van der Waals surface area contributed by atoms with Crippen molar-refractivity contribution in [3.63, 3.8) is 0 Å². The molecule has 0 spiro atoms. The van der Waals surface area contributed by atoms with E-state index in [1.54, 1.807) is 19.4 Å². The Morgan fingerprint density at radius 3 is 2.47 bits per heavy atom. The third-order valence-electron chi connectivity index (χ3n) is 5.33. The second-order valence-electron chi connectivity index (χ2n) is 8.02. The fourth-order valence-corrected chi connectivity index (χ4v) is 6.68. The Morgan fingerprint density at radius 2 is 1.78 bits per heavy atom. The topological polar surface area (TPSA) is 69.2 Å². The number of aryl methyl sites for hydroxylation is 1. The number of amides is 1. The van der Waals surface area contributed by atoms with E-state index < -0.39 is 0 Å². The number of ether oxygens (including phenoxy) is 3. The Morgan fingerprint density at radius 1 is 1.06 bits per heavy atom. The third-order valence-corrected chi connectivity index (χ3v) is 9.13. The number of methoxy groups -OCH3 is 1. The summed E-state index contributed by atoms with van der Waals surface area (Å²) in [5, 5.41) is 4.05. The van der Waals surface area contributed by atoms with E-state index in [1.807, 2.05) is 60.8 Å². The maximum atomic E-state index is 12.2. The molecule has 0 atom stereocenters. The second kappa shape index (κ2) is 13.1. The molecule has 0 saturated carbocycles. The van der Waals surface area contributed by atoms with E-state index in [-0.39, 0.29) is 12.5 Å². The third kappa shape index (κ3) is 7.44. The molecule has 0 unspecified atom stereocenters. The number of halogens is 1. The summed E-state index contributed by atoms with van der Waals surface area (Å²) >= 11 is 7.45. The first-order valence-electron chi connectivity index (χ1n) is 11.4. The van der Waals surface area contributed by atoms with Gasteiger partial charge >= 0.3 is 0 Å². The van der Waals surface area contributed by atoms with E-state index >= 15 is 0 Å². The van der Waals surface area contributed by atoms with Crippen molar-refractivity contribution in [2.45, 2.75) is 18.1 Å². The lowest BCUT2D eigenvalue weighted by molar-refractivity contribution is -0.123. The molecule has 3 aromatic rings. The van der Waals surface area contributed by atoms with Gasteiger partial charge in [-0.2, -0.15) is 5.10 Å². The van der Waals surface area contributed by atoms with Gasteiger partial charge in [0.2, 0.25) is 0 Å². The van der Waals surface area contributed by atoms with Gasteiger partial charge in [-0.05, 0) is 58.2 Å². The lowest BCUT2D eigenvalue weighted by Crippen LogP contribution is -2.24. The van der Waals surface area contributed by atoms with Crippen molar-refractivity contribution in [3.05, 3.63) is 87.4 Å². The van der Waals surface area contributed by atoms with Crippen LogP contribution >= 0.6 is 39.5 Å². The number of nitrogens with one attached hydrogen (secondary N) is 1. The number of benzene rings is 3. The van der Waals surface area contributed by atoms with Gasteiger partial charge in [0.1, 0.15) is 12.4 Å². The molecule has 1 heterocycles. The van der Waals surface area contributed by atoms with Gasteiger partial charge in [0.05, 0.1) is 17.9 Å². The Bertz CT molecular complexity index is 1200. The zero-order chi connectivity index (χ0) is 25.3. The van der Waals surface area contributed by atoms with Crippen molar-refractivity contribution >= 4 is 51.6 Å². The highest BCUT2D eigenvalue weighted by Gasteiger charge is 2.18. The number of carbonyl (C=O) groups excluding carboxylic acids is 1. The van der Waals surface area contributed by atoms with Crippen molar-refractivity contribution in [3.8, 4) is 17.2 Å². The average molecular weight is 588 g/mol. The SMILES string of the molecule is COc1cc(/C=N\NC(=O)COc2ccc(C3SCCS3)cc2)c(Br)cc1OCc1ccc(C)cc1. The zero-order valence-electron chi connectivity index (χ0n) is 20.0. The fraction of sp³-hybridized carbons (Fsp3) is 0.259. The first-order valence-corrected chi connectivity index (χ1v) is 14.2. The van der Waals surface area contributed by atoms with Crippen molar-refractivity contribution in [1.29, 1.82) is 0 Å². The molecular formula is C27H27BrN2O4S2. The predicted octanol–water partition coefficient (Wildman–Crippen LogP) is 6.35. The van der Waals surface area contributed by atoms with Crippen molar-refractivity contribution in [1.82, 2.24) is 5.43 Å². The van der Waals surface area contributed by atoms with Crippen LogP contribution in [0.1, 0.15) is 26.8 Å². The molecule has 1 amide bonds. The maximum Gasteiger partial charge on any atom is 0.277 e. The van der Waals surface area contributed by atoms with Crippen LogP contribution in [-0.2, 0) is 11.4 Å². The summed E-state index contributed by atoms with van der Waals surface area (Å²) in [4.78, 5) is 12.2. The maximum absolute atomic E-state index is 12.2. The molecule has 0 aromatic heterocycles. The van der Waals surface area contributed by atoms with Crippen LogP contribution in [0, 0.1) is 6.92 Å². The van der Waals surface area contributed by atoms with Crippen LogP contribution in [0.4, 0.5) is 0 Å². The molecule has 9 heteroatoms. The summed E-state index contributed by atoms with van der Waals surface area (Å²) in [6, 6.07) is 19.7. The second-order valence-corrected chi connectivity index (χ2v) is 11.6. The number of rotatable bonds is 10. The van der Waals surface area contributed by atoms with Crippen molar-refractivity contribution in [2.24, 2.45) is 5.10 Å². The monoisotopic (exact) mass is 586 g/mol. The van der Waals surface area contributed by atoms with Crippen LogP contribution < -0.4 is 19.6 Å². The van der Waals surface area contributed by atoms with Crippen LogP contribution in [0.25, 0.3) is 0 Å². The summed E-state index contributed by atoms with van der Waals surface area (Å²) in [7, 11) is 1.58. The van der Waals surface area contributed by atoms with Gasteiger partial charge in [0.15, 0.2) is 18.1 Å². The quantitative estimate of drug-likeness (QED) is 0.220. The smallest absolute Gasteiger partial charge is 0.277 e. The minimum Gasteiger partial charge on any atom is -0.493 e. The van der Waals surface area contributed by atoms with E-state index in [4.69, 9.17) is 14.2 Å². The normalized spacial score (nSPS) is 13.6. The van der Waals surface area contributed by atoms with Crippen LogP contribution in [-0.4, -0.2) is 37.3 Å². The van der Waals surface area contributed by atoms with Gasteiger partial charge in [-0.25, -0.2) is 5.43 Å². The minimum absolute atomic E-state index is 0.125. The molecule has 1 fully saturated rings. The number of hydrazone groups is 1. The van der Waals surface area contributed by atoms with Gasteiger partial charge in [-0.1, -0.05) is 42.0 Å². The Hall–Kier alpha value is -2.62. The zero-order valence-corrected chi connectivity index (χ0v) is 23.3.